The van der Waals surface area contributed by atoms with Crippen LogP contribution in [0.25, 0.3) is 0 Å². The Labute approximate surface area is 42.6 Å². The van der Waals surface area contributed by atoms with Crippen LogP contribution in [-0.2, 0) is 0 Å². The average Bonchev–Trinajstić information content (AvgIpc) is 0. The summed E-state index contributed by atoms with van der Waals surface area (Å²) in [5.41, 5.74) is 0. The predicted molar refractivity (Wildman–Crippen MR) is 27.4 cm³/mol. The van der Waals surface area contributed by atoms with Gasteiger partial charge in [-0.05, 0) is 0 Å². The maximum absolute atomic E-state index is 0. The van der Waals surface area contributed by atoms with Gasteiger partial charge >= 0.3 is 0 Å². The van der Waals surface area contributed by atoms with Crippen LogP contribution in [0.4, 0.5) is 0 Å². The lowest BCUT2D eigenvalue weighted by molar-refractivity contribution is 0.823. The van der Waals surface area contributed by atoms with Crippen molar-refractivity contribution in [2.24, 2.45) is 0 Å². The van der Waals surface area contributed by atoms with Crippen molar-refractivity contribution in [1.29, 1.82) is 0 Å². The quantitative estimate of drug-likeness (QED) is 0.275. The molecule has 7 heavy (non-hydrogen) atoms. The van der Waals surface area contributed by atoms with Crippen LogP contribution in [0.2, 0.25) is 0 Å². The molecular weight excluding hydrogens is 107 g/mol. The first-order chi connectivity index (χ1) is 0. The molecule has 0 spiro atoms. The minimum atomic E-state index is 0. The minimum absolute atomic E-state index is 0. The summed E-state index contributed by atoms with van der Waals surface area (Å²) >= 11 is 0. The number of hydrogen-bond donors (Lipinski definition) is 0. The number of hydrogen-bond acceptors (Lipinski definition) is 0. The Hall–Kier alpha value is -0.175. The highest BCUT2D eigenvalue weighted by Gasteiger charge is 0.0000148. The fraction of sp³-hybridized carbons (Fsp3) is 0. The molecule has 3 radical (unpaired) electrons. The van der Waals surface area contributed by atoms with E-state index in [1.807, 2.05) is 0 Å². The van der Waals surface area contributed by atoms with Crippen LogP contribution in [0.5, 0.6) is 0 Å². The summed E-state index contributed by atoms with van der Waals surface area (Å²) in [5.74, 6) is 0. The highest BCUT2D eigenvalue weighted by molar-refractivity contribution is 5.75. The molecule has 0 amide bonds. The molecule has 7 heteroatoms. The summed E-state index contributed by atoms with van der Waals surface area (Å²) in [6, 6.07) is 0. The lowest BCUT2D eigenvalue weighted by Crippen LogP contribution is -0.381. The zero-order valence-electron chi connectivity index (χ0n) is 3.58. The zero-order chi connectivity index (χ0) is 0. The van der Waals surface area contributed by atoms with Crippen LogP contribution in [0, 0.1) is 0 Å². The van der Waals surface area contributed by atoms with E-state index < -0.39 is 0 Å². The summed E-state index contributed by atoms with van der Waals surface area (Å²) < 4.78 is 0. The largest absolute Gasteiger partial charge is 0.412 e. The molecule has 0 saturated heterocycles. The lowest BCUT2D eigenvalue weighted by Gasteiger charge is -0.413. The summed E-state index contributed by atoms with van der Waals surface area (Å²) in [4.78, 5) is 0. The Morgan fingerprint density at radius 1 is 0.286 bits per heavy atom. The maximum atomic E-state index is 0. The van der Waals surface area contributed by atoms with Crippen molar-refractivity contribution < 1.29 is 32.9 Å². The predicted octanol–water partition coefficient (Wildman–Crippen LogP) is -5.33. The molecule has 0 saturated carbocycles. The van der Waals surface area contributed by atoms with Crippen molar-refractivity contribution in [2.45, 2.75) is 0 Å². The Kier molecular flexibility index (Phi) is 4780000. The van der Waals surface area contributed by atoms with Gasteiger partial charge in [0.25, 0.3) is 0 Å². The third kappa shape index (κ3) is 2780. The van der Waals surface area contributed by atoms with E-state index in [4.69, 9.17) is 0 Å². The van der Waals surface area contributed by atoms with Crippen LogP contribution in [-0.4, -0.2) is 41.3 Å². The second kappa shape index (κ2) is 4420. The SMILES string of the molecule is O.O.O.O.O.O.[B]. The molecule has 0 aliphatic carbocycles. The summed E-state index contributed by atoms with van der Waals surface area (Å²) in [5, 5.41) is 0. The van der Waals surface area contributed by atoms with E-state index in [0.717, 1.165) is 0 Å². The van der Waals surface area contributed by atoms with Gasteiger partial charge in [-0.25, -0.2) is 0 Å². The minimum Gasteiger partial charge on any atom is -0.412 e. The summed E-state index contributed by atoms with van der Waals surface area (Å²) in [6.45, 7) is 0. The van der Waals surface area contributed by atoms with Gasteiger partial charge in [-0.1, -0.05) is 0 Å². The second-order valence-corrected chi connectivity index (χ2v) is 0. The van der Waals surface area contributed by atoms with Gasteiger partial charge in [-0.15, -0.1) is 0 Å². The summed E-state index contributed by atoms with van der Waals surface area (Å²) in [6.07, 6.45) is 0. The van der Waals surface area contributed by atoms with Gasteiger partial charge in [0.2, 0.25) is 0 Å². The fourth-order valence-electron chi connectivity index (χ4n) is 0. The Bertz CT molecular complexity index is 4.14. The van der Waals surface area contributed by atoms with Crippen LogP contribution < -0.4 is 0 Å². The Morgan fingerprint density at radius 3 is 0.286 bits per heavy atom. The van der Waals surface area contributed by atoms with Crippen LogP contribution >= 0.6 is 0 Å². The first-order valence-corrected chi connectivity index (χ1v) is 0. The van der Waals surface area contributed by atoms with Crippen LogP contribution in [0.15, 0.2) is 0 Å². The Morgan fingerprint density at radius 2 is 0.286 bits per heavy atom. The highest BCUT2D eigenvalue weighted by atomic mass is 16.0. The Balaban J connectivity index is 0. The molecule has 0 heterocycles. The van der Waals surface area contributed by atoms with Crippen LogP contribution in [0.1, 0.15) is 0 Å². The molecule has 0 bridgehead atoms. The third-order valence-electron chi connectivity index (χ3n) is 0. The normalized spacial score (nSPS) is 0. The van der Waals surface area contributed by atoms with E-state index >= 15 is 0 Å². The van der Waals surface area contributed by atoms with Gasteiger partial charge in [0, 0.05) is 8.41 Å². The topological polar surface area (TPSA) is 189 Å². The fourth-order valence-corrected chi connectivity index (χ4v) is 0. The van der Waals surface area contributed by atoms with E-state index in [-0.39, 0.29) is 41.3 Å². The molecule has 12 N–H and O–H groups in total. The first kappa shape index (κ1) is 7560. The molecule has 0 aliphatic heterocycles. The first-order valence-electron chi connectivity index (χ1n) is 0. The van der Waals surface area contributed by atoms with E-state index in [2.05, 4.69) is 0 Å². The second-order valence-electron chi connectivity index (χ2n) is 0. The van der Waals surface area contributed by atoms with Gasteiger partial charge in [0.05, 0.1) is 0 Å². The molecular formula is H12BO6. The average molecular weight is 119 g/mol. The van der Waals surface area contributed by atoms with E-state index in [9.17, 15) is 0 Å². The summed E-state index contributed by atoms with van der Waals surface area (Å²) in [7, 11) is 0. The molecule has 0 aliphatic rings. The molecule has 51 valence electrons. The molecule has 0 unspecified atom stereocenters. The molecule has 0 aromatic carbocycles. The van der Waals surface area contributed by atoms with Crippen molar-refractivity contribution >= 4 is 8.41 Å². The van der Waals surface area contributed by atoms with Gasteiger partial charge in [-0.2, -0.15) is 0 Å². The zero-order valence-corrected chi connectivity index (χ0v) is 3.58. The van der Waals surface area contributed by atoms with Gasteiger partial charge in [0.1, 0.15) is 0 Å². The molecule has 0 atom stereocenters. The monoisotopic (exact) mass is 119 g/mol. The number of rotatable bonds is 0. The van der Waals surface area contributed by atoms with Crippen LogP contribution in [0.3, 0.4) is 0 Å². The third-order valence-corrected chi connectivity index (χ3v) is 0. The van der Waals surface area contributed by atoms with Gasteiger partial charge in [0.15, 0.2) is 0 Å². The van der Waals surface area contributed by atoms with Crippen molar-refractivity contribution in [3.8, 4) is 0 Å². The standard InChI is InChI=1S/B.6H2O/h;6*1H2. The smallest absolute Gasteiger partial charge is 0 e. The maximum Gasteiger partial charge on any atom is 0 e. The van der Waals surface area contributed by atoms with Crippen molar-refractivity contribution in [1.82, 2.24) is 0 Å². The lowest BCUT2D eigenvalue weighted by atomic mass is 10.8. The molecule has 0 aromatic heterocycles. The van der Waals surface area contributed by atoms with Gasteiger partial charge < -0.3 is 32.9 Å². The van der Waals surface area contributed by atoms with Crippen molar-refractivity contribution in [3.63, 3.8) is 0 Å². The van der Waals surface area contributed by atoms with E-state index in [1.165, 1.54) is 0 Å². The highest BCUT2D eigenvalue weighted by Crippen LogP contribution is -0.284. The van der Waals surface area contributed by atoms with E-state index in [0.29, 0.717) is 0 Å². The molecule has 0 rings (SSSR count). The molecule has 6 nitrogen and oxygen atoms in total. The molecule has 0 fully saturated rings. The van der Waals surface area contributed by atoms with E-state index in [1.54, 1.807) is 0 Å². The van der Waals surface area contributed by atoms with Crippen molar-refractivity contribution in [2.75, 3.05) is 0 Å². The molecule has 0 aromatic rings. The van der Waals surface area contributed by atoms with Gasteiger partial charge in [-0.3, -0.25) is 0 Å². The van der Waals surface area contributed by atoms with Crippen molar-refractivity contribution in [3.05, 3.63) is 0 Å².